The van der Waals surface area contributed by atoms with Crippen molar-refractivity contribution in [2.45, 2.75) is 32.6 Å². The Morgan fingerprint density at radius 1 is 1.25 bits per heavy atom. The van der Waals surface area contributed by atoms with E-state index in [1.807, 2.05) is 0 Å². The quantitative estimate of drug-likeness (QED) is 0.868. The molecule has 2 aliphatic rings. The number of nitrogens with two attached hydrogens (primary N) is 1. The normalized spacial score (nSPS) is 21.1. The summed E-state index contributed by atoms with van der Waals surface area (Å²) in [4.78, 5) is 0. The molecule has 0 saturated carbocycles. The zero-order valence-corrected chi connectivity index (χ0v) is 12.2. The van der Waals surface area contributed by atoms with Crippen LogP contribution in [0, 0.1) is 5.92 Å². The van der Waals surface area contributed by atoms with Crippen LogP contribution >= 0.6 is 0 Å². The van der Waals surface area contributed by atoms with E-state index in [0.29, 0.717) is 5.92 Å². The van der Waals surface area contributed by atoms with Crippen LogP contribution in [-0.4, -0.2) is 6.54 Å². The van der Waals surface area contributed by atoms with E-state index in [1.54, 1.807) is 5.57 Å². The Bertz CT molecular complexity index is 590. The summed E-state index contributed by atoms with van der Waals surface area (Å²) < 4.78 is 0. The molecule has 0 saturated heterocycles. The van der Waals surface area contributed by atoms with Gasteiger partial charge < -0.3 is 5.73 Å². The van der Waals surface area contributed by atoms with Gasteiger partial charge in [-0.25, -0.2) is 0 Å². The van der Waals surface area contributed by atoms with Gasteiger partial charge in [-0.15, -0.1) is 0 Å². The lowest BCUT2D eigenvalue weighted by Crippen LogP contribution is -2.07. The molecular weight excluding hydrogens is 242 g/mol. The van der Waals surface area contributed by atoms with Crippen LogP contribution in [0.5, 0.6) is 0 Å². The first kappa shape index (κ1) is 13.4. The van der Waals surface area contributed by atoms with Gasteiger partial charge in [-0.3, -0.25) is 0 Å². The Balaban J connectivity index is 2.07. The van der Waals surface area contributed by atoms with Gasteiger partial charge in [-0.2, -0.15) is 0 Å². The maximum atomic E-state index is 5.71. The third-order valence-corrected chi connectivity index (χ3v) is 4.51. The highest BCUT2D eigenvalue weighted by Crippen LogP contribution is 2.38. The monoisotopic (exact) mass is 265 g/mol. The van der Waals surface area contributed by atoms with E-state index in [1.165, 1.54) is 22.3 Å². The molecule has 0 aromatic heterocycles. The molecule has 0 heterocycles. The van der Waals surface area contributed by atoms with Crippen LogP contribution in [0.15, 0.2) is 53.6 Å². The smallest absolute Gasteiger partial charge is 0.00264 e. The molecular formula is C19H23N. The third kappa shape index (κ3) is 2.51. The van der Waals surface area contributed by atoms with Gasteiger partial charge in [0.2, 0.25) is 0 Å². The van der Waals surface area contributed by atoms with Gasteiger partial charge in [0.25, 0.3) is 0 Å². The van der Waals surface area contributed by atoms with Crippen LogP contribution in [0.2, 0.25) is 0 Å². The molecule has 1 heteroatoms. The van der Waals surface area contributed by atoms with Crippen molar-refractivity contribution in [3.8, 4) is 0 Å². The number of fused-ring (bicyclic) bond motifs is 2. The topological polar surface area (TPSA) is 26.0 Å². The van der Waals surface area contributed by atoms with Crippen molar-refractivity contribution >= 4 is 5.57 Å². The number of allylic oxidation sites excluding steroid dienone is 6. The van der Waals surface area contributed by atoms with E-state index in [4.69, 9.17) is 5.73 Å². The van der Waals surface area contributed by atoms with Gasteiger partial charge in [0.15, 0.2) is 0 Å². The number of hydrogen-bond donors (Lipinski definition) is 1. The van der Waals surface area contributed by atoms with Crippen LogP contribution in [-0.2, 0) is 6.42 Å². The van der Waals surface area contributed by atoms with Crippen molar-refractivity contribution in [2.24, 2.45) is 11.7 Å². The molecule has 1 atom stereocenters. The summed E-state index contributed by atoms with van der Waals surface area (Å²) in [5.74, 6) is 0.583. The van der Waals surface area contributed by atoms with Gasteiger partial charge in [-0.05, 0) is 55.9 Å². The van der Waals surface area contributed by atoms with Crippen LogP contribution < -0.4 is 5.73 Å². The maximum Gasteiger partial charge on any atom is 0.00264 e. The highest BCUT2D eigenvalue weighted by Gasteiger charge is 2.22. The van der Waals surface area contributed by atoms with E-state index in [-0.39, 0.29) is 0 Å². The zero-order chi connectivity index (χ0) is 13.9. The minimum absolute atomic E-state index is 0.583. The standard InChI is InChI=1S/C19H23N/c1-14-6-4-8-16-12-15(9-5-11-20)18-10-3-2-7-17(18)13-19(14)16/h2-4,6-7,10,12,16H,5,8-9,11,13,20H2,1H3. The van der Waals surface area contributed by atoms with E-state index in [2.05, 4.69) is 49.4 Å². The fraction of sp³-hybridized carbons (Fsp3) is 0.368. The minimum atomic E-state index is 0.583. The molecule has 0 bridgehead atoms. The Hall–Kier alpha value is -1.60. The maximum absolute atomic E-state index is 5.71. The van der Waals surface area contributed by atoms with E-state index in [9.17, 15) is 0 Å². The van der Waals surface area contributed by atoms with Crippen LogP contribution in [0.3, 0.4) is 0 Å². The molecule has 0 amide bonds. The Morgan fingerprint density at radius 2 is 2.10 bits per heavy atom. The van der Waals surface area contributed by atoms with Crippen molar-refractivity contribution in [3.63, 3.8) is 0 Å². The summed E-state index contributed by atoms with van der Waals surface area (Å²) >= 11 is 0. The SMILES string of the molecule is CC1=C2Cc3ccccc3C(CCCN)=CC2CC=C1. The summed E-state index contributed by atoms with van der Waals surface area (Å²) in [6, 6.07) is 8.88. The molecule has 1 aromatic rings. The van der Waals surface area contributed by atoms with Gasteiger partial charge in [0, 0.05) is 5.92 Å². The zero-order valence-electron chi connectivity index (χ0n) is 12.2. The molecule has 1 aromatic carbocycles. The summed E-state index contributed by atoms with van der Waals surface area (Å²) in [7, 11) is 0. The predicted molar refractivity (Wildman–Crippen MR) is 86.4 cm³/mol. The van der Waals surface area contributed by atoms with Crippen molar-refractivity contribution in [2.75, 3.05) is 6.54 Å². The van der Waals surface area contributed by atoms with Gasteiger partial charge in [0.1, 0.15) is 0 Å². The molecule has 2 N–H and O–H groups in total. The summed E-state index contributed by atoms with van der Waals surface area (Å²) in [6.07, 6.45) is 11.5. The van der Waals surface area contributed by atoms with Crippen LogP contribution in [0.1, 0.15) is 37.3 Å². The summed E-state index contributed by atoms with van der Waals surface area (Å²) in [5.41, 5.74) is 13.2. The fourth-order valence-corrected chi connectivity index (χ4v) is 3.41. The van der Waals surface area contributed by atoms with Crippen LogP contribution in [0.25, 0.3) is 5.57 Å². The molecule has 1 unspecified atom stereocenters. The second-order valence-corrected chi connectivity index (χ2v) is 5.87. The number of hydrogen-bond acceptors (Lipinski definition) is 1. The summed E-state index contributed by atoms with van der Waals surface area (Å²) in [6.45, 7) is 3.02. The molecule has 1 nitrogen and oxygen atoms in total. The van der Waals surface area contributed by atoms with E-state index in [0.717, 1.165) is 32.2 Å². The first-order valence-electron chi connectivity index (χ1n) is 7.65. The molecule has 104 valence electrons. The second-order valence-electron chi connectivity index (χ2n) is 5.87. The van der Waals surface area contributed by atoms with Crippen molar-refractivity contribution in [1.82, 2.24) is 0 Å². The van der Waals surface area contributed by atoms with Gasteiger partial charge in [0.05, 0.1) is 0 Å². The lowest BCUT2D eigenvalue weighted by atomic mass is 9.85. The van der Waals surface area contributed by atoms with Crippen molar-refractivity contribution < 1.29 is 0 Å². The highest BCUT2D eigenvalue weighted by atomic mass is 14.5. The Morgan fingerprint density at radius 3 is 2.95 bits per heavy atom. The summed E-state index contributed by atoms with van der Waals surface area (Å²) in [5, 5.41) is 0. The minimum Gasteiger partial charge on any atom is -0.330 e. The molecule has 0 fully saturated rings. The Kier molecular flexibility index (Phi) is 3.88. The second kappa shape index (κ2) is 5.80. The molecule has 0 aliphatic heterocycles. The van der Waals surface area contributed by atoms with Crippen molar-refractivity contribution in [1.29, 1.82) is 0 Å². The molecule has 20 heavy (non-hydrogen) atoms. The molecule has 3 rings (SSSR count). The molecule has 0 spiro atoms. The number of benzene rings is 1. The molecule has 0 radical (unpaired) electrons. The van der Waals surface area contributed by atoms with Gasteiger partial charge in [-0.1, -0.05) is 53.6 Å². The average Bonchev–Trinajstić information content (AvgIpc) is 2.63. The first-order valence-corrected chi connectivity index (χ1v) is 7.65. The lowest BCUT2D eigenvalue weighted by molar-refractivity contribution is 0.729. The van der Waals surface area contributed by atoms with Gasteiger partial charge >= 0.3 is 0 Å². The largest absolute Gasteiger partial charge is 0.330 e. The Labute approximate surface area is 121 Å². The predicted octanol–water partition coefficient (Wildman–Crippen LogP) is 4.26. The van der Waals surface area contributed by atoms with Crippen molar-refractivity contribution in [3.05, 3.63) is 64.8 Å². The fourth-order valence-electron chi connectivity index (χ4n) is 3.41. The van der Waals surface area contributed by atoms with Crippen LogP contribution in [0.4, 0.5) is 0 Å². The number of rotatable bonds is 3. The highest BCUT2D eigenvalue weighted by molar-refractivity contribution is 5.71. The first-order chi connectivity index (χ1) is 9.79. The third-order valence-electron chi connectivity index (χ3n) is 4.51. The molecule has 2 aliphatic carbocycles. The average molecular weight is 265 g/mol. The van der Waals surface area contributed by atoms with E-state index < -0.39 is 0 Å². The lowest BCUT2D eigenvalue weighted by Gasteiger charge is -2.20. The van der Waals surface area contributed by atoms with E-state index >= 15 is 0 Å².